The zero-order chi connectivity index (χ0) is 14.9. The highest BCUT2D eigenvalue weighted by Gasteiger charge is 2.30. The van der Waals surface area contributed by atoms with Crippen molar-refractivity contribution in [1.29, 1.82) is 0 Å². The highest BCUT2D eigenvalue weighted by molar-refractivity contribution is 5.55. The highest BCUT2D eigenvalue weighted by atomic mass is 19.4. The molecule has 0 radical (unpaired) electrons. The van der Waals surface area contributed by atoms with Gasteiger partial charge in [0.2, 0.25) is 0 Å². The molecule has 0 unspecified atom stereocenters. The second-order valence-electron chi connectivity index (χ2n) is 4.20. The molecule has 0 bridgehead atoms. The topological polar surface area (TPSA) is 66.7 Å². The Morgan fingerprint density at radius 2 is 1.95 bits per heavy atom. The first-order valence-electron chi connectivity index (χ1n) is 5.94. The predicted molar refractivity (Wildman–Crippen MR) is 68.8 cm³/mol. The van der Waals surface area contributed by atoms with Crippen LogP contribution in [0.4, 0.5) is 24.9 Å². The summed E-state index contributed by atoms with van der Waals surface area (Å²) < 4.78 is 43.2. The largest absolute Gasteiger partial charge is 0.416 e. The van der Waals surface area contributed by atoms with Crippen molar-refractivity contribution >= 4 is 11.7 Å². The van der Waals surface area contributed by atoms with Gasteiger partial charge in [0.15, 0.2) is 0 Å². The summed E-state index contributed by atoms with van der Waals surface area (Å²) in [5.41, 5.74) is 0.0858. The van der Waals surface area contributed by atoms with E-state index in [1.54, 1.807) is 18.3 Å². The fourth-order valence-corrected chi connectivity index (χ4v) is 1.74. The van der Waals surface area contributed by atoms with Crippen molar-refractivity contribution in [3.05, 3.63) is 48.2 Å². The van der Waals surface area contributed by atoms with Gasteiger partial charge in [-0.2, -0.15) is 13.2 Å². The fraction of sp³-hybridized carbons (Fsp3) is 0.0769. The van der Waals surface area contributed by atoms with E-state index < -0.39 is 11.7 Å². The van der Waals surface area contributed by atoms with Crippen molar-refractivity contribution < 1.29 is 17.6 Å². The summed E-state index contributed by atoms with van der Waals surface area (Å²) in [6.45, 7) is 0. The molecule has 21 heavy (non-hydrogen) atoms. The third kappa shape index (κ3) is 2.88. The Bertz CT molecular complexity index is 734. The number of nitrogens with zero attached hydrogens (tertiary/aromatic N) is 2. The Balaban J connectivity index is 1.81. The van der Waals surface area contributed by atoms with Gasteiger partial charge in [0, 0.05) is 11.9 Å². The number of H-pyrrole nitrogens is 1. The first-order chi connectivity index (χ1) is 10.0. The SMILES string of the molecule is FC(F)(F)c1cccc(Nc2nnc(-c3ccc[nH]3)o2)c1. The van der Waals surface area contributed by atoms with Crippen molar-refractivity contribution in [1.82, 2.24) is 15.2 Å². The maximum Gasteiger partial charge on any atom is 0.416 e. The summed E-state index contributed by atoms with van der Waals surface area (Å²) in [7, 11) is 0. The van der Waals surface area contributed by atoms with Crippen LogP contribution in [0, 0.1) is 0 Å². The third-order valence-corrected chi connectivity index (χ3v) is 2.69. The molecule has 0 saturated heterocycles. The number of alkyl halides is 3. The number of hydrogen-bond donors (Lipinski definition) is 2. The Hall–Kier alpha value is -2.77. The number of aromatic nitrogens is 3. The molecular formula is C13H9F3N4O. The van der Waals surface area contributed by atoms with Crippen LogP contribution in [-0.4, -0.2) is 15.2 Å². The molecule has 8 heteroatoms. The van der Waals surface area contributed by atoms with E-state index in [0.29, 0.717) is 5.69 Å². The average molecular weight is 294 g/mol. The zero-order valence-electron chi connectivity index (χ0n) is 10.5. The molecule has 1 aromatic carbocycles. The summed E-state index contributed by atoms with van der Waals surface area (Å²) in [5, 5.41) is 10.2. The van der Waals surface area contributed by atoms with Gasteiger partial charge in [0.25, 0.3) is 5.89 Å². The smallest absolute Gasteiger partial charge is 0.402 e. The van der Waals surface area contributed by atoms with E-state index in [1.807, 2.05) is 0 Å². The molecule has 0 fully saturated rings. The number of benzene rings is 1. The molecule has 3 aromatic rings. The van der Waals surface area contributed by atoms with E-state index in [9.17, 15) is 13.2 Å². The van der Waals surface area contributed by atoms with Crippen LogP contribution in [0.15, 0.2) is 47.0 Å². The van der Waals surface area contributed by atoms with Crippen molar-refractivity contribution in [2.24, 2.45) is 0 Å². The summed E-state index contributed by atoms with van der Waals surface area (Å²) in [6.07, 6.45) is -2.71. The van der Waals surface area contributed by atoms with Crippen LogP contribution >= 0.6 is 0 Å². The van der Waals surface area contributed by atoms with Gasteiger partial charge in [-0.1, -0.05) is 11.2 Å². The number of anilines is 2. The number of nitrogens with one attached hydrogen (secondary N) is 2. The van der Waals surface area contributed by atoms with Crippen molar-refractivity contribution in [3.63, 3.8) is 0 Å². The van der Waals surface area contributed by atoms with Gasteiger partial charge in [-0.05, 0) is 30.3 Å². The van der Waals surface area contributed by atoms with Crippen molar-refractivity contribution in [2.75, 3.05) is 5.32 Å². The van der Waals surface area contributed by atoms with E-state index in [0.717, 1.165) is 12.1 Å². The molecule has 0 atom stereocenters. The lowest BCUT2D eigenvalue weighted by atomic mass is 10.2. The molecule has 0 amide bonds. The van der Waals surface area contributed by atoms with E-state index in [-0.39, 0.29) is 17.6 Å². The number of halogens is 3. The molecule has 2 N–H and O–H groups in total. The molecule has 5 nitrogen and oxygen atoms in total. The molecule has 0 spiro atoms. The summed E-state index contributed by atoms with van der Waals surface area (Å²) >= 11 is 0. The van der Waals surface area contributed by atoms with Crippen LogP contribution in [0.25, 0.3) is 11.6 Å². The molecule has 2 aromatic heterocycles. The van der Waals surface area contributed by atoms with E-state index >= 15 is 0 Å². The van der Waals surface area contributed by atoms with Gasteiger partial charge in [-0.15, -0.1) is 5.10 Å². The summed E-state index contributed by atoms with van der Waals surface area (Å²) in [6, 6.07) is 8.25. The van der Waals surface area contributed by atoms with Gasteiger partial charge < -0.3 is 14.7 Å². The molecule has 2 heterocycles. The van der Waals surface area contributed by atoms with Crippen molar-refractivity contribution in [2.45, 2.75) is 6.18 Å². The lowest BCUT2D eigenvalue weighted by molar-refractivity contribution is -0.137. The van der Waals surface area contributed by atoms with Crippen LogP contribution in [-0.2, 0) is 6.18 Å². The lowest BCUT2D eigenvalue weighted by Crippen LogP contribution is -2.05. The minimum atomic E-state index is -4.40. The minimum absolute atomic E-state index is 0.0129. The summed E-state index contributed by atoms with van der Waals surface area (Å²) in [5.74, 6) is 0.245. The second kappa shape index (κ2) is 4.97. The van der Waals surface area contributed by atoms with Crippen LogP contribution in [0.2, 0.25) is 0 Å². The van der Waals surface area contributed by atoms with Gasteiger partial charge >= 0.3 is 12.2 Å². The normalized spacial score (nSPS) is 11.6. The monoisotopic (exact) mass is 294 g/mol. The fourth-order valence-electron chi connectivity index (χ4n) is 1.74. The molecule has 0 aliphatic heterocycles. The number of hydrogen-bond acceptors (Lipinski definition) is 4. The molecule has 108 valence electrons. The van der Waals surface area contributed by atoms with Gasteiger partial charge in [0.05, 0.1) is 5.56 Å². The Morgan fingerprint density at radius 3 is 2.67 bits per heavy atom. The maximum atomic E-state index is 12.6. The Morgan fingerprint density at radius 1 is 1.10 bits per heavy atom. The van der Waals surface area contributed by atoms with E-state index in [2.05, 4.69) is 20.5 Å². The molecular weight excluding hydrogens is 285 g/mol. The van der Waals surface area contributed by atoms with Gasteiger partial charge in [0.1, 0.15) is 5.69 Å². The van der Waals surface area contributed by atoms with Gasteiger partial charge in [-0.3, -0.25) is 0 Å². The standard InChI is InChI=1S/C13H9F3N4O/c14-13(15,16)8-3-1-4-9(7-8)18-12-20-19-11(21-12)10-5-2-6-17-10/h1-7,17H,(H,18,20). The van der Waals surface area contributed by atoms with Crippen LogP contribution in [0.1, 0.15) is 5.56 Å². The average Bonchev–Trinajstić information content (AvgIpc) is 3.08. The minimum Gasteiger partial charge on any atom is -0.402 e. The third-order valence-electron chi connectivity index (χ3n) is 2.69. The van der Waals surface area contributed by atoms with Crippen LogP contribution in [0.5, 0.6) is 0 Å². The summed E-state index contributed by atoms with van der Waals surface area (Å²) in [4.78, 5) is 2.89. The van der Waals surface area contributed by atoms with Gasteiger partial charge in [-0.25, -0.2) is 0 Å². The number of rotatable bonds is 3. The van der Waals surface area contributed by atoms with E-state index in [1.165, 1.54) is 12.1 Å². The molecule has 0 aliphatic rings. The second-order valence-corrected chi connectivity index (χ2v) is 4.20. The lowest BCUT2D eigenvalue weighted by Gasteiger charge is -2.08. The number of aromatic amines is 1. The Labute approximate surface area is 116 Å². The Kier molecular flexibility index (Phi) is 3.13. The predicted octanol–water partition coefficient (Wildman–Crippen LogP) is 3.83. The zero-order valence-corrected chi connectivity index (χ0v) is 10.5. The molecule has 0 aliphatic carbocycles. The van der Waals surface area contributed by atoms with Crippen molar-refractivity contribution in [3.8, 4) is 11.6 Å². The highest BCUT2D eigenvalue weighted by Crippen LogP contribution is 2.31. The van der Waals surface area contributed by atoms with Crippen LogP contribution in [0.3, 0.4) is 0 Å². The molecule has 3 rings (SSSR count). The first-order valence-corrected chi connectivity index (χ1v) is 5.94. The van der Waals surface area contributed by atoms with Crippen LogP contribution < -0.4 is 5.32 Å². The maximum absolute atomic E-state index is 12.6. The molecule has 0 saturated carbocycles. The van der Waals surface area contributed by atoms with E-state index in [4.69, 9.17) is 4.42 Å². The first kappa shape index (κ1) is 13.2. The quantitative estimate of drug-likeness (QED) is 0.770.